The largest absolute Gasteiger partial charge is 0.416 e. The molecule has 0 bridgehead atoms. The van der Waals surface area contributed by atoms with Gasteiger partial charge in [0.2, 0.25) is 0 Å². The molecule has 1 heterocycles. The van der Waals surface area contributed by atoms with E-state index in [2.05, 4.69) is 5.32 Å². The molecule has 0 atom stereocenters. The molecule has 1 aromatic heterocycles. The Labute approximate surface area is 188 Å². The third-order valence-corrected chi connectivity index (χ3v) is 5.12. The number of carbonyl (C=O) groups is 1. The van der Waals surface area contributed by atoms with Gasteiger partial charge in [-0.15, -0.1) is 0 Å². The highest BCUT2D eigenvalue weighted by atomic mass is 19.4. The van der Waals surface area contributed by atoms with E-state index < -0.39 is 29.4 Å². The monoisotopic (exact) mass is 465 g/mol. The summed E-state index contributed by atoms with van der Waals surface area (Å²) < 4.78 is 67.5. The van der Waals surface area contributed by atoms with Gasteiger partial charge in [0.1, 0.15) is 0 Å². The third kappa shape index (κ3) is 6.57. The van der Waals surface area contributed by atoms with E-state index in [1.54, 1.807) is 29.0 Å². The van der Waals surface area contributed by atoms with Crippen LogP contribution in [0.5, 0.6) is 0 Å². The lowest BCUT2D eigenvalue weighted by Crippen LogP contribution is -2.36. The van der Waals surface area contributed by atoms with Gasteiger partial charge >= 0.3 is 12.2 Å². The number of urea groups is 1. The van der Waals surface area contributed by atoms with Gasteiger partial charge in [-0.05, 0) is 48.4 Å². The molecule has 0 saturated carbocycles. The van der Waals surface area contributed by atoms with Gasteiger partial charge in [-0.2, -0.15) is 13.2 Å². The third-order valence-electron chi connectivity index (χ3n) is 5.12. The molecule has 0 aliphatic heterocycles. The van der Waals surface area contributed by atoms with Gasteiger partial charge in [-0.25, -0.2) is 13.6 Å². The number of amides is 2. The molecule has 0 aliphatic rings. The van der Waals surface area contributed by atoms with Crippen molar-refractivity contribution in [2.75, 3.05) is 11.9 Å². The maximum Gasteiger partial charge on any atom is 0.416 e. The Balaban J connectivity index is 1.76. The first kappa shape index (κ1) is 24.3. The number of halogens is 5. The van der Waals surface area contributed by atoms with Crippen LogP contribution in [0.1, 0.15) is 36.6 Å². The zero-order chi connectivity index (χ0) is 24.0. The van der Waals surface area contributed by atoms with Crippen LogP contribution in [0, 0.1) is 11.6 Å². The number of unbranched alkanes of at least 4 members (excludes halogenated alkanes) is 1. The van der Waals surface area contributed by atoms with Crippen LogP contribution in [-0.4, -0.2) is 22.0 Å². The number of alkyl halides is 3. The normalized spacial score (nSPS) is 11.5. The first-order valence-corrected chi connectivity index (χ1v) is 10.5. The smallest absolute Gasteiger partial charge is 0.345 e. The van der Waals surface area contributed by atoms with Crippen molar-refractivity contribution in [3.8, 4) is 0 Å². The molecule has 0 fully saturated rings. The minimum atomic E-state index is -4.43. The molecule has 2 aromatic carbocycles. The van der Waals surface area contributed by atoms with Crippen LogP contribution in [0.15, 0.2) is 60.8 Å². The Kier molecular flexibility index (Phi) is 7.73. The van der Waals surface area contributed by atoms with Crippen molar-refractivity contribution < 1.29 is 26.7 Å². The van der Waals surface area contributed by atoms with E-state index in [-0.39, 0.29) is 18.8 Å². The second-order valence-corrected chi connectivity index (χ2v) is 7.66. The second kappa shape index (κ2) is 10.5. The first-order valence-electron chi connectivity index (χ1n) is 10.5. The predicted octanol–water partition coefficient (Wildman–Crippen LogP) is 6.67. The van der Waals surface area contributed by atoms with Crippen molar-refractivity contribution in [3.63, 3.8) is 0 Å². The molecule has 0 spiro atoms. The lowest BCUT2D eigenvalue weighted by Gasteiger charge is -2.24. The highest BCUT2D eigenvalue weighted by Gasteiger charge is 2.30. The molecule has 2 amide bonds. The van der Waals surface area contributed by atoms with Gasteiger partial charge in [0.05, 0.1) is 12.1 Å². The number of nitrogens with zero attached hydrogens (tertiary/aromatic N) is 2. The molecule has 0 unspecified atom stereocenters. The number of carbonyl (C=O) groups excluding carboxylic acids is 1. The number of aromatic nitrogens is 1. The van der Waals surface area contributed by atoms with Gasteiger partial charge in [0.25, 0.3) is 0 Å². The van der Waals surface area contributed by atoms with Crippen LogP contribution >= 0.6 is 0 Å². The minimum absolute atomic E-state index is 0.125. The number of anilines is 1. The average molecular weight is 465 g/mol. The molecular weight excluding hydrogens is 441 g/mol. The van der Waals surface area contributed by atoms with E-state index in [0.29, 0.717) is 12.1 Å². The van der Waals surface area contributed by atoms with Crippen molar-refractivity contribution in [1.82, 2.24) is 9.47 Å². The summed E-state index contributed by atoms with van der Waals surface area (Å²) in [5.74, 6) is -2.08. The lowest BCUT2D eigenvalue weighted by atomic mass is 10.1. The van der Waals surface area contributed by atoms with E-state index in [0.717, 1.165) is 42.8 Å². The summed E-state index contributed by atoms with van der Waals surface area (Å²) in [6.45, 7) is 2.79. The number of hydrogen-bond donors (Lipinski definition) is 1. The Morgan fingerprint density at radius 1 is 1.03 bits per heavy atom. The zero-order valence-electron chi connectivity index (χ0n) is 18.0. The predicted molar refractivity (Wildman–Crippen MR) is 116 cm³/mol. The summed E-state index contributed by atoms with van der Waals surface area (Å²) in [5.41, 5.74) is 0.613. The van der Waals surface area contributed by atoms with Crippen molar-refractivity contribution >= 4 is 11.7 Å². The summed E-state index contributed by atoms with van der Waals surface area (Å²) in [4.78, 5) is 14.4. The van der Waals surface area contributed by atoms with Crippen LogP contribution in [-0.2, 0) is 19.3 Å². The van der Waals surface area contributed by atoms with Gasteiger partial charge in [0, 0.05) is 36.7 Å². The van der Waals surface area contributed by atoms with Crippen molar-refractivity contribution in [1.29, 1.82) is 0 Å². The summed E-state index contributed by atoms with van der Waals surface area (Å²) in [7, 11) is 0. The van der Waals surface area contributed by atoms with Gasteiger partial charge in [-0.3, -0.25) is 0 Å². The van der Waals surface area contributed by atoms with Gasteiger partial charge in [0.15, 0.2) is 11.6 Å². The average Bonchev–Trinajstić information content (AvgIpc) is 3.19. The standard InChI is InChI=1S/C24H24F5N3O/c1-2-3-11-32(23(33)30-19-9-10-21(25)22(26)14-19)16-20-8-5-12-31(20)15-17-6-4-7-18(13-17)24(27,28)29/h4-10,12-14H,2-3,11,15-16H2,1H3,(H,30,33). The fraction of sp³-hybridized carbons (Fsp3) is 0.292. The Hall–Kier alpha value is -3.36. The maximum atomic E-state index is 13.5. The number of hydrogen-bond acceptors (Lipinski definition) is 1. The second-order valence-electron chi connectivity index (χ2n) is 7.66. The quantitative estimate of drug-likeness (QED) is 0.371. The molecule has 3 rings (SSSR count). The molecule has 4 nitrogen and oxygen atoms in total. The van der Waals surface area contributed by atoms with E-state index in [9.17, 15) is 26.7 Å². The molecule has 1 N–H and O–H groups in total. The highest BCUT2D eigenvalue weighted by molar-refractivity contribution is 5.89. The maximum absolute atomic E-state index is 13.5. The van der Waals surface area contributed by atoms with Gasteiger partial charge < -0.3 is 14.8 Å². The van der Waals surface area contributed by atoms with Gasteiger partial charge in [-0.1, -0.05) is 25.5 Å². The van der Waals surface area contributed by atoms with E-state index >= 15 is 0 Å². The van der Waals surface area contributed by atoms with Crippen LogP contribution in [0.4, 0.5) is 32.4 Å². The summed E-state index contributed by atoms with van der Waals surface area (Å²) in [5, 5.41) is 2.57. The van der Waals surface area contributed by atoms with E-state index in [1.165, 1.54) is 17.0 Å². The SMILES string of the molecule is CCCCN(Cc1cccn1Cc1cccc(C(F)(F)F)c1)C(=O)Nc1ccc(F)c(F)c1. The van der Waals surface area contributed by atoms with Crippen molar-refractivity contribution in [3.05, 3.63) is 89.2 Å². The fourth-order valence-electron chi connectivity index (χ4n) is 3.36. The van der Waals surface area contributed by atoms with E-state index in [1.807, 2.05) is 6.92 Å². The number of nitrogens with one attached hydrogen (secondary N) is 1. The lowest BCUT2D eigenvalue weighted by molar-refractivity contribution is -0.137. The topological polar surface area (TPSA) is 37.3 Å². The molecule has 9 heteroatoms. The zero-order valence-corrected chi connectivity index (χ0v) is 18.0. The van der Waals surface area contributed by atoms with Crippen LogP contribution < -0.4 is 5.32 Å². The molecule has 33 heavy (non-hydrogen) atoms. The molecule has 0 radical (unpaired) electrons. The Bertz CT molecular complexity index is 1090. The molecule has 3 aromatic rings. The number of rotatable bonds is 8. The molecule has 0 saturated heterocycles. The van der Waals surface area contributed by atoms with Crippen molar-refractivity contribution in [2.24, 2.45) is 0 Å². The first-order chi connectivity index (χ1) is 15.7. The van der Waals surface area contributed by atoms with Crippen LogP contribution in [0.25, 0.3) is 0 Å². The highest BCUT2D eigenvalue weighted by Crippen LogP contribution is 2.29. The summed E-state index contributed by atoms with van der Waals surface area (Å²) >= 11 is 0. The molecular formula is C24H24F5N3O. The van der Waals surface area contributed by atoms with Crippen molar-refractivity contribution in [2.45, 2.75) is 39.0 Å². The molecule has 176 valence electrons. The Morgan fingerprint density at radius 2 is 1.82 bits per heavy atom. The Morgan fingerprint density at radius 3 is 2.52 bits per heavy atom. The van der Waals surface area contributed by atoms with E-state index in [4.69, 9.17) is 0 Å². The minimum Gasteiger partial charge on any atom is -0.345 e. The summed E-state index contributed by atoms with van der Waals surface area (Å²) in [6.07, 6.45) is -1.13. The fourth-order valence-corrected chi connectivity index (χ4v) is 3.36. The summed E-state index contributed by atoms with van der Waals surface area (Å²) in [6, 6.07) is 11.3. The number of benzene rings is 2. The van der Waals surface area contributed by atoms with Crippen LogP contribution in [0.2, 0.25) is 0 Å². The van der Waals surface area contributed by atoms with Crippen LogP contribution in [0.3, 0.4) is 0 Å². The molecule has 0 aliphatic carbocycles.